The number of carboxylic acid groups (broad SMARTS) is 1. The van der Waals surface area contributed by atoms with Crippen LogP contribution in [0.3, 0.4) is 0 Å². The van der Waals surface area contributed by atoms with E-state index >= 15 is 0 Å². The number of carboxylic acids is 1. The minimum absolute atomic E-state index is 0.222. The van der Waals surface area contributed by atoms with Crippen molar-refractivity contribution in [2.24, 2.45) is 0 Å². The van der Waals surface area contributed by atoms with Crippen LogP contribution in [-0.2, 0) is 4.79 Å². The third-order valence-electron chi connectivity index (χ3n) is 3.53. The van der Waals surface area contributed by atoms with Crippen LogP contribution in [0.25, 0.3) is 0 Å². The van der Waals surface area contributed by atoms with Crippen LogP contribution in [0.2, 0.25) is 0 Å². The predicted molar refractivity (Wildman–Crippen MR) is 86.2 cm³/mol. The first kappa shape index (κ1) is 15.7. The Morgan fingerprint density at radius 3 is 1.74 bits per heavy atom. The fourth-order valence-electron chi connectivity index (χ4n) is 2.44. The number of rotatable bonds is 5. The van der Waals surface area contributed by atoms with Gasteiger partial charge in [0.2, 0.25) is 0 Å². The largest absolute Gasteiger partial charge is 0.481 e. The van der Waals surface area contributed by atoms with Gasteiger partial charge in [-0.3, -0.25) is 4.79 Å². The second-order valence-corrected chi connectivity index (χ2v) is 8.15. The average molecular weight is 415 g/mol. The van der Waals surface area contributed by atoms with E-state index in [0.717, 1.165) is 11.1 Å². The molecule has 0 aliphatic rings. The molecule has 3 aromatic rings. The van der Waals surface area contributed by atoms with Crippen LogP contribution in [0.15, 0.2) is 84.9 Å². The van der Waals surface area contributed by atoms with Crippen molar-refractivity contribution in [1.29, 1.82) is 0 Å². The lowest BCUT2D eigenvalue weighted by atomic mass is 9.92. The number of hydrogen-bond donors (Lipinski definition) is 1. The predicted octanol–water partition coefficient (Wildman–Crippen LogP) is 1.03. The van der Waals surface area contributed by atoms with Crippen molar-refractivity contribution >= 4 is 5.97 Å². The second-order valence-electron chi connectivity index (χ2n) is 5.12. The molecule has 0 bridgehead atoms. The normalized spacial score (nSPS) is 11.8. The minimum atomic E-state index is -0.818. The Kier molecular flexibility index (Phi) is 5.08. The van der Waals surface area contributed by atoms with Crippen LogP contribution in [0.5, 0.6) is 0 Å². The van der Waals surface area contributed by atoms with Crippen LogP contribution in [0, 0.1) is 7.14 Å². The molecular formula is C20H16IO2+. The molecule has 114 valence electrons. The summed E-state index contributed by atoms with van der Waals surface area (Å²) in [6.07, 6.45) is 0. The highest BCUT2D eigenvalue weighted by Gasteiger charge is 2.23. The van der Waals surface area contributed by atoms with Crippen molar-refractivity contribution in [1.82, 2.24) is 0 Å². The van der Waals surface area contributed by atoms with Crippen LogP contribution in [-0.4, -0.2) is 11.1 Å². The van der Waals surface area contributed by atoms with Gasteiger partial charge in [0.1, 0.15) is 5.92 Å². The molecule has 0 fully saturated rings. The molecule has 1 unspecified atom stereocenters. The summed E-state index contributed by atoms with van der Waals surface area (Å²) in [5.41, 5.74) is 1.63. The van der Waals surface area contributed by atoms with E-state index in [1.165, 1.54) is 7.14 Å². The quantitative estimate of drug-likeness (QED) is 0.633. The first-order valence-electron chi connectivity index (χ1n) is 7.31. The Morgan fingerprint density at radius 2 is 1.17 bits per heavy atom. The minimum Gasteiger partial charge on any atom is -0.481 e. The van der Waals surface area contributed by atoms with E-state index in [1.54, 1.807) is 0 Å². The lowest BCUT2D eigenvalue weighted by Gasteiger charge is -2.12. The molecule has 1 atom stereocenters. The van der Waals surface area contributed by atoms with Gasteiger partial charge >= 0.3 is 27.2 Å². The van der Waals surface area contributed by atoms with Crippen molar-refractivity contribution in [2.75, 3.05) is 0 Å². The van der Waals surface area contributed by atoms with Crippen molar-refractivity contribution in [2.45, 2.75) is 5.92 Å². The molecular weight excluding hydrogens is 399 g/mol. The highest BCUT2D eigenvalue weighted by molar-refractivity contribution is 5.80. The molecule has 0 spiro atoms. The lowest BCUT2D eigenvalue weighted by Crippen LogP contribution is -3.61. The van der Waals surface area contributed by atoms with Crippen molar-refractivity contribution in [3.8, 4) is 0 Å². The van der Waals surface area contributed by atoms with Crippen LogP contribution in [0.4, 0.5) is 0 Å². The summed E-state index contributed by atoms with van der Waals surface area (Å²) in [6.45, 7) is 0. The molecule has 0 saturated carbocycles. The number of aliphatic carboxylic acids is 1. The SMILES string of the molecule is O=C(O)C(c1ccccc1)c1ccc([I+]c2ccccc2)cc1. The summed E-state index contributed by atoms with van der Waals surface area (Å²) in [6, 6.07) is 27.8. The summed E-state index contributed by atoms with van der Waals surface area (Å²) in [7, 11) is 0. The molecule has 2 nitrogen and oxygen atoms in total. The van der Waals surface area contributed by atoms with E-state index in [2.05, 4.69) is 36.4 Å². The first-order chi connectivity index (χ1) is 11.2. The fraction of sp³-hybridized carbons (Fsp3) is 0.0500. The number of carbonyl (C=O) groups is 1. The summed E-state index contributed by atoms with van der Waals surface area (Å²) in [5, 5.41) is 9.59. The average Bonchev–Trinajstić information content (AvgIpc) is 2.58. The Labute approximate surface area is 146 Å². The van der Waals surface area contributed by atoms with Crippen molar-refractivity contribution in [3.63, 3.8) is 0 Å². The van der Waals surface area contributed by atoms with Crippen LogP contribution in [0.1, 0.15) is 17.0 Å². The number of hydrogen-bond acceptors (Lipinski definition) is 1. The first-order valence-corrected chi connectivity index (χ1v) is 9.47. The molecule has 3 heteroatoms. The number of benzene rings is 3. The maximum atomic E-state index is 11.7. The van der Waals surface area contributed by atoms with Crippen LogP contribution >= 0.6 is 0 Å². The van der Waals surface area contributed by atoms with Gasteiger partial charge < -0.3 is 5.11 Å². The van der Waals surface area contributed by atoms with Crippen LogP contribution < -0.4 is 21.2 Å². The molecule has 0 aliphatic carbocycles. The third kappa shape index (κ3) is 3.99. The third-order valence-corrected chi connectivity index (χ3v) is 6.22. The zero-order valence-electron chi connectivity index (χ0n) is 12.4. The Balaban J connectivity index is 1.84. The molecule has 0 aromatic heterocycles. The van der Waals surface area contributed by atoms with Crippen molar-refractivity contribution < 1.29 is 31.1 Å². The Bertz CT molecular complexity index is 768. The second kappa shape index (κ2) is 7.42. The molecule has 23 heavy (non-hydrogen) atoms. The Morgan fingerprint density at radius 1 is 0.696 bits per heavy atom. The van der Waals surface area contributed by atoms with E-state index in [-0.39, 0.29) is 21.2 Å². The van der Waals surface area contributed by atoms with E-state index in [9.17, 15) is 9.90 Å². The standard InChI is InChI=1S/C20H15IO2/c22-20(23)19(15-7-3-1-4-8-15)16-11-13-18(14-12-16)21-17-9-5-2-6-10-17/h1-14,19H/p+1. The van der Waals surface area contributed by atoms with Gasteiger partial charge in [-0.2, -0.15) is 0 Å². The fourth-order valence-corrected chi connectivity index (χ4v) is 4.66. The van der Waals surface area contributed by atoms with E-state index < -0.39 is 11.9 Å². The van der Waals surface area contributed by atoms with Gasteiger partial charge in [-0.15, -0.1) is 0 Å². The highest BCUT2D eigenvalue weighted by Crippen LogP contribution is 2.24. The van der Waals surface area contributed by atoms with Gasteiger partial charge in [-0.25, -0.2) is 0 Å². The van der Waals surface area contributed by atoms with Gasteiger partial charge in [0.25, 0.3) is 0 Å². The van der Waals surface area contributed by atoms with E-state index in [0.29, 0.717) is 0 Å². The molecule has 0 amide bonds. The van der Waals surface area contributed by atoms with Crippen molar-refractivity contribution in [3.05, 3.63) is 103 Å². The van der Waals surface area contributed by atoms with E-state index in [1.807, 2.05) is 48.5 Å². The number of halogens is 1. The van der Waals surface area contributed by atoms with E-state index in [4.69, 9.17) is 0 Å². The molecule has 0 heterocycles. The van der Waals surface area contributed by atoms with Gasteiger partial charge in [0.05, 0.1) is 0 Å². The molecule has 1 N–H and O–H groups in total. The molecule has 3 aromatic carbocycles. The van der Waals surface area contributed by atoms with Gasteiger partial charge in [0.15, 0.2) is 7.14 Å². The topological polar surface area (TPSA) is 37.3 Å². The lowest BCUT2D eigenvalue weighted by molar-refractivity contribution is -0.597. The molecule has 3 rings (SSSR count). The summed E-state index contributed by atoms with van der Waals surface area (Å²) >= 11 is -0.222. The van der Waals surface area contributed by atoms with Gasteiger partial charge in [0, 0.05) is 0 Å². The summed E-state index contributed by atoms with van der Waals surface area (Å²) in [4.78, 5) is 11.7. The zero-order valence-corrected chi connectivity index (χ0v) is 14.6. The summed E-state index contributed by atoms with van der Waals surface area (Å²) in [5.74, 6) is -1.43. The monoisotopic (exact) mass is 415 g/mol. The summed E-state index contributed by atoms with van der Waals surface area (Å²) < 4.78 is 2.65. The molecule has 0 saturated heterocycles. The molecule has 0 radical (unpaired) electrons. The Hall–Kier alpha value is -2.14. The maximum absolute atomic E-state index is 11.7. The molecule has 0 aliphatic heterocycles. The smallest absolute Gasteiger partial charge is 0.357 e. The highest BCUT2D eigenvalue weighted by atomic mass is 127. The van der Waals surface area contributed by atoms with Gasteiger partial charge in [-0.05, 0) is 35.4 Å². The zero-order chi connectivity index (χ0) is 16.1. The maximum Gasteiger partial charge on any atom is 0.357 e. The van der Waals surface area contributed by atoms with Gasteiger partial charge in [-0.1, -0.05) is 60.7 Å².